The van der Waals surface area contributed by atoms with Crippen LogP contribution in [0.4, 0.5) is 0 Å². The lowest BCUT2D eigenvalue weighted by molar-refractivity contribution is 0.0425. The van der Waals surface area contributed by atoms with Gasteiger partial charge in [-0.25, -0.2) is 0 Å². The third-order valence-corrected chi connectivity index (χ3v) is 5.02. The predicted octanol–water partition coefficient (Wildman–Crippen LogP) is 2.50. The number of aryl methyl sites for hydroxylation is 1. The Kier molecular flexibility index (Phi) is 4.34. The van der Waals surface area contributed by atoms with Crippen molar-refractivity contribution in [1.29, 1.82) is 0 Å². The Morgan fingerprint density at radius 1 is 1.38 bits per heavy atom. The van der Waals surface area contributed by atoms with Gasteiger partial charge in [-0.1, -0.05) is 6.92 Å². The lowest BCUT2D eigenvalue weighted by Gasteiger charge is -2.45. The van der Waals surface area contributed by atoms with Crippen LogP contribution in [0.1, 0.15) is 49.5 Å². The minimum Gasteiger partial charge on any atom is -0.344 e. The number of piperidine rings is 2. The first-order chi connectivity index (χ1) is 10.2. The molecule has 2 aliphatic heterocycles. The fourth-order valence-corrected chi connectivity index (χ4v) is 3.97. The van der Waals surface area contributed by atoms with Gasteiger partial charge in [0.15, 0.2) is 0 Å². The van der Waals surface area contributed by atoms with Crippen molar-refractivity contribution in [3.63, 3.8) is 0 Å². The van der Waals surface area contributed by atoms with Crippen molar-refractivity contribution in [2.45, 2.75) is 45.6 Å². The number of nitrogens with zero attached hydrogens (tertiary/aromatic N) is 2. The average molecular weight is 289 g/mol. The third-order valence-electron chi connectivity index (χ3n) is 5.02. The minimum absolute atomic E-state index is 0.220. The van der Waals surface area contributed by atoms with Gasteiger partial charge < -0.3 is 14.8 Å². The molecule has 0 aromatic carbocycles. The standard InChI is InChI=1S/C17H27N3O/c1-2-10-19-11-3-6-15(19)16(21)20-12-5-8-17(14-20)7-4-9-18-13-17/h3,6,11,18H,2,4-5,7-10,12-14H2,1H3. The molecule has 2 fully saturated rings. The summed E-state index contributed by atoms with van der Waals surface area (Å²) in [6.45, 7) is 7.13. The van der Waals surface area contributed by atoms with Gasteiger partial charge >= 0.3 is 0 Å². The number of hydrogen-bond acceptors (Lipinski definition) is 2. The number of likely N-dealkylation sites (tertiary alicyclic amines) is 1. The number of rotatable bonds is 3. The zero-order valence-electron chi connectivity index (χ0n) is 13.1. The van der Waals surface area contributed by atoms with Crippen molar-refractivity contribution in [3.05, 3.63) is 24.0 Å². The van der Waals surface area contributed by atoms with Gasteiger partial charge in [-0.05, 0) is 50.8 Å². The molecule has 116 valence electrons. The fourth-order valence-electron chi connectivity index (χ4n) is 3.97. The molecule has 3 rings (SSSR count). The summed E-state index contributed by atoms with van der Waals surface area (Å²) in [6.07, 6.45) is 8.00. The number of aromatic nitrogens is 1. The summed E-state index contributed by atoms with van der Waals surface area (Å²) in [6, 6.07) is 3.96. The molecule has 1 N–H and O–H groups in total. The van der Waals surface area contributed by atoms with Crippen molar-refractivity contribution in [3.8, 4) is 0 Å². The molecule has 1 atom stereocenters. The van der Waals surface area contributed by atoms with Crippen LogP contribution in [0.5, 0.6) is 0 Å². The average Bonchev–Trinajstić information content (AvgIpc) is 2.96. The van der Waals surface area contributed by atoms with Gasteiger partial charge in [-0.3, -0.25) is 4.79 Å². The van der Waals surface area contributed by atoms with Crippen LogP contribution in [0, 0.1) is 5.41 Å². The molecule has 0 radical (unpaired) electrons. The summed E-state index contributed by atoms with van der Waals surface area (Å²) in [4.78, 5) is 15.0. The molecule has 1 spiro atoms. The lowest BCUT2D eigenvalue weighted by Crippen LogP contribution is -2.52. The van der Waals surface area contributed by atoms with E-state index in [9.17, 15) is 4.79 Å². The van der Waals surface area contributed by atoms with Crippen molar-refractivity contribution < 1.29 is 4.79 Å². The quantitative estimate of drug-likeness (QED) is 0.928. The lowest BCUT2D eigenvalue weighted by atomic mass is 9.74. The number of hydrogen-bond donors (Lipinski definition) is 1. The smallest absolute Gasteiger partial charge is 0.270 e. The Morgan fingerprint density at radius 3 is 3.00 bits per heavy atom. The summed E-state index contributed by atoms with van der Waals surface area (Å²) in [5.41, 5.74) is 1.19. The summed E-state index contributed by atoms with van der Waals surface area (Å²) in [5, 5.41) is 3.53. The largest absolute Gasteiger partial charge is 0.344 e. The Morgan fingerprint density at radius 2 is 2.24 bits per heavy atom. The first kappa shape index (κ1) is 14.6. The van der Waals surface area contributed by atoms with Crippen LogP contribution in [0.25, 0.3) is 0 Å². The summed E-state index contributed by atoms with van der Waals surface area (Å²) in [7, 11) is 0. The second-order valence-electron chi connectivity index (χ2n) is 6.70. The van der Waals surface area contributed by atoms with Crippen molar-refractivity contribution >= 4 is 5.91 Å². The second-order valence-corrected chi connectivity index (χ2v) is 6.70. The molecule has 3 heterocycles. The minimum atomic E-state index is 0.220. The van der Waals surface area contributed by atoms with Gasteiger partial charge in [0.2, 0.25) is 0 Å². The maximum absolute atomic E-state index is 12.9. The first-order valence-electron chi connectivity index (χ1n) is 8.39. The molecule has 1 unspecified atom stereocenters. The van der Waals surface area contributed by atoms with Crippen LogP contribution in [0.3, 0.4) is 0 Å². The zero-order valence-corrected chi connectivity index (χ0v) is 13.1. The van der Waals surface area contributed by atoms with E-state index in [0.717, 1.165) is 51.3 Å². The second kappa shape index (κ2) is 6.22. The van der Waals surface area contributed by atoms with Crippen LogP contribution < -0.4 is 5.32 Å². The van der Waals surface area contributed by atoms with Crippen LogP contribution in [-0.4, -0.2) is 41.6 Å². The molecule has 1 amide bonds. The molecule has 0 saturated carbocycles. The molecule has 2 saturated heterocycles. The summed E-state index contributed by atoms with van der Waals surface area (Å²) < 4.78 is 2.10. The van der Waals surface area contributed by atoms with E-state index in [4.69, 9.17) is 0 Å². The molecule has 4 nitrogen and oxygen atoms in total. The van der Waals surface area contributed by atoms with Crippen molar-refractivity contribution in [2.24, 2.45) is 5.41 Å². The van der Waals surface area contributed by atoms with E-state index in [1.54, 1.807) is 0 Å². The Bertz CT molecular complexity index is 482. The highest BCUT2D eigenvalue weighted by Crippen LogP contribution is 2.36. The first-order valence-corrected chi connectivity index (χ1v) is 8.39. The van der Waals surface area contributed by atoms with Gasteiger partial charge in [0.1, 0.15) is 5.69 Å². The molecule has 0 aliphatic carbocycles. The highest BCUT2D eigenvalue weighted by atomic mass is 16.2. The van der Waals surface area contributed by atoms with E-state index in [0.29, 0.717) is 5.41 Å². The van der Waals surface area contributed by atoms with Gasteiger partial charge in [0.25, 0.3) is 5.91 Å². The number of carbonyl (C=O) groups excluding carboxylic acids is 1. The van der Waals surface area contributed by atoms with Crippen LogP contribution in [0.2, 0.25) is 0 Å². The molecule has 21 heavy (non-hydrogen) atoms. The number of carbonyl (C=O) groups is 1. The topological polar surface area (TPSA) is 37.3 Å². The van der Waals surface area contributed by atoms with E-state index in [1.807, 2.05) is 18.3 Å². The Balaban J connectivity index is 1.73. The van der Waals surface area contributed by atoms with Crippen LogP contribution in [-0.2, 0) is 6.54 Å². The summed E-state index contributed by atoms with van der Waals surface area (Å²) >= 11 is 0. The fraction of sp³-hybridized carbons (Fsp3) is 0.706. The van der Waals surface area contributed by atoms with Gasteiger partial charge in [0.05, 0.1) is 0 Å². The van der Waals surface area contributed by atoms with Crippen LogP contribution >= 0.6 is 0 Å². The van der Waals surface area contributed by atoms with Gasteiger partial charge in [-0.15, -0.1) is 0 Å². The SMILES string of the molecule is CCCn1cccc1C(=O)N1CCCC2(CCCNC2)C1. The van der Waals surface area contributed by atoms with E-state index in [1.165, 1.54) is 19.3 Å². The highest BCUT2D eigenvalue weighted by Gasteiger charge is 2.38. The van der Waals surface area contributed by atoms with Crippen LogP contribution in [0.15, 0.2) is 18.3 Å². The third kappa shape index (κ3) is 3.00. The zero-order chi connectivity index (χ0) is 14.7. The number of nitrogens with one attached hydrogen (secondary N) is 1. The van der Waals surface area contributed by atoms with Gasteiger partial charge in [0, 0.05) is 37.8 Å². The maximum Gasteiger partial charge on any atom is 0.270 e. The normalized spacial score (nSPS) is 26.2. The van der Waals surface area contributed by atoms with Crippen molar-refractivity contribution in [2.75, 3.05) is 26.2 Å². The molecule has 1 aromatic rings. The molecule has 2 aliphatic rings. The molecule has 1 aromatic heterocycles. The highest BCUT2D eigenvalue weighted by molar-refractivity contribution is 5.92. The Labute approximate surface area is 127 Å². The van der Waals surface area contributed by atoms with E-state index >= 15 is 0 Å². The maximum atomic E-state index is 12.9. The van der Waals surface area contributed by atoms with E-state index in [2.05, 4.69) is 21.7 Å². The molecule has 0 bridgehead atoms. The monoisotopic (exact) mass is 289 g/mol. The Hall–Kier alpha value is -1.29. The summed E-state index contributed by atoms with van der Waals surface area (Å²) in [5.74, 6) is 0.220. The van der Waals surface area contributed by atoms with Gasteiger partial charge in [-0.2, -0.15) is 0 Å². The van der Waals surface area contributed by atoms with Crippen molar-refractivity contribution in [1.82, 2.24) is 14.8 Å². The molecular weight excluding hydrogens is 262 g/mol. The van der Waals surface area contributed by atoms with E-state index < -0.39 is 0 Å². The van der Waals surface area contributed by atoms with E-state index in [-0.39, 0.29) is 5.91 Å². The predicted molar refractivity (Wildman–Crippen MR) is 84.4 cm³/mol. The molecule has 4 heteroatoms. The number of amides is 1. The molecular formula is C17H27N3O.